The molecule has 0 saturated heterocycles. The number of aryl methyl sites for hydroxylation is 3. The first-order chi connectivity index (χ1) is 27.5. The van der Waals surface area contributed by atoms with E-state index in [1.165, 1.54) is 38.3 Å². The number of nitrogens with zero attached hydrogens (tertiary/aromatic N) is 5. The average molecular weight is 728 g/mol. The van der Waals surface area contributed by atoms with E-state index < -0.39 is 0 Å². The number of hydrogen-bond donors (Lipinski definition) is 0. The van der Waals surface area contributed by atoms with E-state index in [0.29, 0.717) is 0 Å². The standard InChI is InChI=1S/C50H41N5O/c1-5-34-17-12-22-43-44-23-13-18-35(6-2)50(44)53(49(34)43)37-27-28-51-47(30-37)54-45-24-11-10-21-41(45)42-26-25-40(31-46(42)54)56-39-20-14-19-38(29-39)55-33(4)48(32(3)52-55)36-15-8-7-9-16-36/h7-31H,5-6H2,1-4H3. The summed E-state index contributed by atoms with van der Waals surface area (Å²) in [5.74, 6) is 2.34. The fourth-order valence-electron chi connectivity index (χ4n) is 8.75. The molecular weight excluding hydrogens is 687 g/mol. The van der Waals surface area contributed by atoms with Gasteiger partial charge >= 0.3 is 0 Å². The number of aromatic nitrogens is 5. The van der Waals surface area contributed by atoms with Crippen molar-refractivity contribution in [3.05, 3.63) is 174 Å². The van der Waals surface area contributed by atoms with Crippen LogP contribution in [0.5, 0.6) is 11.5 Å². The Morgan fingerprint density at radius 3 is 1.95 bits per heavy atom. The van der Waals surface area contributed by atoms with Crippen molar-refractivity contribution in [2.75, 3.05) is 0 Å². The van der Waals surface area contributed by atoms with Gasteiger partial charge in [0.05, 0.1) is 39.1 Å². The van der Waals surface area contributed by atoms with E-state index in [9.17, 15) is 0 Å². The lowest BCUT2D eigenvalue weighted by Crippen LogP contribution is -2.03. The largest absolute Gasteiger partial charge is 0.457 e. The predicted octanol–water partition coefficient (Wildman–Crippen LogP) is 12.7. The summed E-state index contributed by atoms with van der Waals surface area (Å²) in [6.45, 7) is 8.67. The average Bonchev–Trinajstić information content (AvgIpc) is 3.87. The molecule has 4 heterocycles. The van der Waals surface area contributed by atoms with E-state index in [1.54, 1.807) is 0 Å². The first-order valence-corrected chi connectivity index (χ1v) is 19.5. The van der Waals surface area contributed by atoms with Crippen LogP contribution < -0.4 is 4.74 Å². The van der Waals surface area contributed by atoms with Crippen LogP contribution in [0.3, 0.4) is 0 Å². The molecule has 10 rings (SSSR count). The van der Waals surface area contributed by atoms with Crippen molar-refractivity contribution < 1.29 is 4.74 Å². The third kappa shape index (κ3) is 5.32. The SMILES string of the molecule is CCc1cccc2c3cccc(CC)c3n(-c3ccnc(-n4c5ccccc5c5ccc(Oc6cccc(-n7nc(C)c(-c8ccccc8)c7C)c6)cc54)c3)c12. The summed E-state index contributed by atoms with van der Waals surface area (Å²) >= 11 is 0. The summed E-state index contributed by atoms with van der Waals surface area (Å²) in [5.41, 5.74) is 13.7. The van der Waals surface area contributed by atoms with E-state index in [0.717, 1.165) is 80.5 Å². The van der Waals surface area contributed by atoms with Gasteiger partial charge in [0.2, 0.25) is 0 Å². The second kappa shape index (κ2) is 13.4. The Bertz CT molecular complexity index is 3050. The smallest absolute Gasteiger partial charge is 0.139 e. The molecule has 0 atom stereocenters. The van der Waals surface area contributed by atoms with Crippen LogP contribution >= 0.6 is 0 Å². The Morgan fingerprint density at radius 2 is 1.20 bits per heavy atom. The zero-order valence-electron chi connectivity index (χ0n) is 32.0. The highest BCUT2D eigenvalue weighted by Gasteiger charge is 2.20. The number of para-hydroxylation sites is 3. The van der Waals surface area contributed by atoms with Crippen LogP contribution in [0.25, 0.3) is 71.9 Å². The van der Waals surface area contributed by atoms with Crippen LogP contribution in [0.1, 0.15) is 36.4 Å². The van der Waals surface area contributed by atoms with Crippen molar-refractivity contribution >= 4 is 43.6 Å². The fraction of sp³-hybridized carbons (Fsp3) is 0.120. The summed E-state index contributed by atoms with van der Waals surface area (Å²) in [4.78, 5) is 5.03. The molecule has 10 aromatic rings. The highest BCUT2D eigenvalue weighted by atomic mass is 16.5. The van der Waals surface area contributed by atoms with Gasteiger partial charge < -0.3 is 9.30 Å². The number of pyridine rings is 1. The fourth-order valence-corrected chi connectivity index (χ4v) is 8.75. The van der Waals surface area contributed by atoms with E-state index in [-0.39, 0.29) is 0 Å². The minimum atomic E-state index is 0.739. The molecule has 0 unspecified atom stereocenters. The second-order valence-electron chi connectivity index (χ2n) is 14.5. The molecule has 0 spiro atoms. The summed E-state index contributed by atoms with van der Waals surface area (Å²) in [7, 11) is 0. The first kappa shape index (κ1) is 33.6. The summed E-state index contributed by atoms with van der Waals surface area (Å²) in [6.07, 6.45) is 3.84. The quantitative estimate of drug-likeness (QED) is 0.157. The second-order valence-corrected chi connectivity index (χ2v) is 14.5. The monoisotopic (exact) mass is 727 g/mol. The third-order valence-electron chi connectivity index (χ3n) is 11.3. The lowest BCUT2D eigenvalue weighted by atomic mass is 10.0. The van der Waals surface area contributed by atoms with Crippen molar-refractivity contribution in [3.63, 3.8) is 0 Å². The molecular formula is C50H41N5O. The van der Waals surface area contributed by atoms with Crippen molar-refractivity contribution in [2.24, 2.45) is 0 Å². The third-order valence-corrected chi connectivity index (χ3v) is 11.3. The first-order valence-electron chi connectivity index (χ1n) is 19.5. The molecule has 0 amide bonds. The van der Waals surface area contributed by atoms with Gasteiger partial charge in [-0.25, -0.2) is 9.67 Å². The molecule has 0 bridgehead atoms. The molecule has 0 saturated carbocycles. The van der Waals surface area contributed by atoms with Gasteiger partial charge in [-0.05, 0) is 79.8 Å². The van der Waals surface area contributed by atoms with E-state index in [2.05, 4.69) is 164 Å². The summed E-state index contributed by atoms with van der Waals surface area (Å²) in [5, 5.41) is 9.82. The normalized spacial score (nSPS) is 11.7. The minimum absolute atomic E-state index is 0.739. The number of hydrogen-bond acceptors (Lipinski definition) is 3. The van der Waals surface area contributed by atoms with Crippen LogP contribution in [-0.4, -0.2) is 23.9 Å². The molecule has 0 aliphatic rings. The predicted molar refractivity (Wildman–Crippen MR) is 230 cm³/mol. The zero-order valence-corrected chi connectivity index (χ0v) is 32.0. The highest BCUT2D eigenvalue weighted by Crippen LogP contribution is 2.39. The van der Waals surface area contributed by atoms with Crippen LogP contribution in [0.2, 0.25) is 0 Å². The van der Waals surface area contributed by atoms with Gasteiger partial charge in [-0.1, -0.05) is 105 Å². The van der Waals surface area contributed by atoms with E-state index in [1.807, 2.05) is 29.1 Å². The number of rotatable bonds is 8. The van der Waals surface area contributed by atoms with Crippen LogP contribution in [0.4, 0.5) is 0 Å². The van der Waals surface area contributed by atoms with Gasteiger partial charge in [-0.15, -0.1) is 0 Å². The lowest BCUT2D eigenvalue weighted by Gasteiger charge is -2.15. The maximum Gasteiger partial charge on any atom is 0.139 e. The Hall–Kier alpha value is -6.92. The molecule has 0 fully saturated rings. The van der Waals surface area contributed by atoms with Crippen LogP contribution in [0, 0.1) is 13.8 Å². The molecule has 0 N–H and O–H groups in total. The van der Waals surface area contributed by atoms with E-state index >= 15 is 0 Å². The molecule has 0 aliphatic carbocycles. The Morgan fingerprint density at radius 1 is 0.536 bits per heavy atom. The van der Waals surface area contributed by atoms with Gasteiger partial charge in [0.25, 0.3) is 0 Å². The Labute approximate surface area is 325 Å². The van der Waals surface area contributed by atoms with Crippen molar-refractivity contribution in [1.29, 1.82) is 0 Å². The van der Waals surface area contributed by atoms with E-state index in [4.69, 9.17) is 14.8 Å². The summed E-state index contributed by atoms with van der Waals surface area (Å²) in [6, 6.07) is 51.3. The van der Waals surface area contributed by atoms with Crippen molar-refractivity contribution in [3.8, 4) is 39.8 Å². The van der Waals surface area contributed by atoms with Crippen LogP contribution in [0.15, 0.2) is 152 Å². The van der Waals surface area contributed by atoms with Gasteiger partial charge in [0.15, 0.2) is 0 Å². The number of benzene rings is 6. The lowest BCUT2D eigenvalue weighted by molar-refractivity contribution is 0.482. The van der Waals surface area contributed by atoms with Crippen molar-refractivity contribution in [1.82, 2.24) is 23.9 Å². The topological polar surface area (TPSA) is 49.8 Å². The van der Waals surface area contributed by atoms with Crippen LogP contribution in [-0.2, 0) is 12.8 Å². The zero-order chi connectivity index (χ0) is 37.9. The van der Waals surface area contributed by atoms with Gasteiger partial charge in [0, 0.05) is 57.2 Å². The number of ether oxygens (including phenoxy) is 1. The molecule has 272 valence electrons. The molecule has 56 heavy (non-hydrogen) atoms. The van der Waals surface area contributed by atoms with Gasteiger partial charge in [0.1, 0.15) is 17.3 Å². The maximum absolute atomic E-state index is 6.65. The minimum Gasteiger partial charge on any atom is -0.457 e. The van der Waals surface area contributed by atoms with Crippen molar-refractivity contribution in [2.45, 2.75) is 40.5 Å². The summed E-state index contributed by atoms with van der Waals surface area (Å²) < 4.78 is 13.4. The molecule has 6 heteroatoms. The van der Waals surface area contributed by atoms with Gasteiger partial charge in [-0.2, -0.15) is 5.10 Å². The molecule has 6 nitrogen and oxygen atoms in total. The number of fused-ring (bicyclic) bond motifs is 6. The maximum atomic E-state index is 6.65. The van der Waals surface area contributed by atoms with Gasteiger partial charge in [-0.3, -0.25) is 4.57 Å². The molecule has 4 aromatic heterocycles. The Balaban J connectivity index is 1.09. The molecule has 0 radical (unpaired) electrons. The highest BCUT2D eigenvalue weighted by molar-refractivity contribution is 6.12. The molecule has 6 aromatic carbocycles. The molecule has 0 aliphatic heterocycles. The Kier molecular flexibility index (Phi) is 8.07.